The van der Waals surface area contributed by atoms with Gasteiger partial charge in [0.1, 0.15) is 6.61 Å². The number of hydrogen-bond acceptors (Lipinski definition) is 5. The van der Waals surface area contributed by atoms with Gasteiger partial charge in [0, 0.05) is 0 Å². The molecule has 2 amide bonds. The Balaban J connectivity index is 1.64. The van der Waals surface area contributed by atoms with Crippen LogP contribution < -0.4 is 0 Å². The van der Waals surface area contributed by atoms with Crippen LogP contribution in [0.4, 0.5) is 4.79 Å². The van der Waals surface area contributed by atoms with Crippen LogP contribution in [0.1, 0.15) is 59.3 Å². The highest BCUT2D eigenvalue weighted by Crippen LogP contribution is 2.29. The molecule has 0 radical (unpaired) electrons. The number of amides is 2. The molecule has 2 atom stereocenters. The van der Waals surface area contributed by atoms with Crippen LogP contribution in [0.25, 0.3) is 6.08 Å². The van der Waals surface area contributed by atoms with Gasteiger partial charge in [0.25, 0.3) is 0 Å². The van der Waals surface area contributed by atoms with E-state index in [-0.39, 0.29) is 24.0 Å². The van der Waals surface area contributed by atoms with E-state index in [1.54, 1.807) is 12.1 Å². The summed E-state index contributed by atoms with van der Waals surface area (Å²) in [5.41, 5.74) is 4.23. The number of cyclic esters (lactones) is 1. The SMILES string of the molecule is COC(=O)c1ccc(C[C@@H](C(=O)N2C(=O)OC[C@H]2Cc2ccccc2)c2ccc(/C=C/C(C)(C)C)cc2)cc1. The fraction of sp³-hybridized carbons (Fsp3) is 0.303. The zero-order valence-corrected chi connectivity index (χ0v) is 22.9. The van der Waals surface area contributed by atoms with Crippen LogP contribution in [0.2, 0.25) is 0 Å². The summed E-state index contributed by atoms with van der Waals surface area (Å²) in [4.78, 5) is 40.0. The summed E-state index contributed by atoms with van der Waals surface area (Å²) in [6.45, 7) is 6.58. The second-order valence-corrected chi connectivity index (χ2v) is 10.9. The highest BCUT2D eigenvalue weighted by atomic mass is 16.6. The maximum atomic E-state index is 14.1. The van der Waals surface area contributed by atoms with Gasteiger partial charge in [0.15, 0.2) is 0 Å². The quantitative estimate of drug-likeness (QED) is 0.316. The van der Waals surface area contributed by atoms with Gasteiger partial charge in [-0.05, 0) is 52.6 Å². The molecule has 1 fully saturated rings. The predicted molar refractivity (Wildman–Crippen MR) is 151 cm³/mol. The summed E-state index contributed by atoms with van der Waals surface area (Å²) >= 11 is 0. The van der Waals surface area contributed by atoms with Gasteiger partial charge in [0.2, 0.25) is 5.91 Å². The summed E-state index contributed by atoms with van der Waals surface area (Å²) in [5, 5.41) is 0. The predicted octanol–water partition coefficient (Wildman–Crippen LogP) is 6.45. The molecule has 0 unspecified atom stereocenters. The molecule has 0 spiro atoms. The number of rotatable bonds is 8. The number of ether oxygens (including phenoxy) is 2. The fourth-order valence-corrected chi connectivity index (χ4v) is 4.60. The molecular formula is C33H35NO5. The van der Waals surface area contributed by atoms with Crippen molar-refractivity contribution in [3.8, 4) is 0 Å². The van der Waals surface area contributed by atoms with Gasteiger partial charge in [-0.1, -0.05) is 99.7 Å². The molecular weight excluding hydrogens is 490 g/mol. The molecule has 0 aliphatic carbocycles. The summed E-state index contributed by atoms with van der Waals surface area (Å²) in [6, 6.07) is 24.3. The minimum absolute atomic E-state index is 0.0530. The molecule has 1 aliphatic rings. The lowest BCUT2D eigenvalue weighted by Gasteiger charge is -2.25. The van der Waals surface area contributed by atoms with Crippen molar-refractivity contribution >= 4 is 24.0 Å². The number of imide groups is 1. The zero-order valence-electron chi connectivity index (χ0n) is 22.9. The molecule has 1 saturated heterocycles. The monoisotopic (exact) mass is 525 g/mol. The molecule has 3 aromatic rings. The topological polar surface area (TPSA) is 72.9 Å². The molecule has 6 nitrogen and oxygen atoms in total. The Labute approximate surface area is 230 Å². The number of hydrogen-bond donors (Lipinski definition) is 0. The molecule has 0 aromatic heterocycles. The summed E-state index contributed by atoms with van der Waals surface area (Å²) < 4.78 is 10.2. The van der Waals surface area contributed by atoms with Crippen molar-refractivity contribution in [3.63, 3.8) is 0 Å². The maximum Gasteiger partial charge on any atom is 0.417 e. The van der Waals surface area contributed by atoms with Gasteiger partial charge in [0.05, 0.1) is 24.6 Å². The Morgan fingerprint density at radius 3 is 2.26 bits per heavy atom. The average Bonchev–Trinajstić information content (AvgIpc) is 3.30. The van der Waals surface area contributed by atoms with Crippen molar-refractivity contribution in [2.75, 3.05) is 13.7 Å². The van der Waals surface area contributed by atoms with Gasteiger partial charge in [-0.3, -0.25) is 4.79 Å². The lowest BCUT2D eigenvalue weighted by molar-refractivity contribution is -0.130. The molecule has 202 valence electrons. The summed E-state index contributed by atoms with van der Waals surface area (Å²) in [5.74, 6) is -1.33. The molecule has 0 saturated carbocycles. The first-order valence-electron chi connectivity index (χ1n) is 13.1. The van der Waals surface area contributed by atoms with E-state index in [0.717, 1.165) is 22.3 Å². The third kappa shape index (κ3) is 7.23. The molecule has 0 bridgehead atoms. The minimum Gasteiger partial charge on any atom is -0.465 e. The molecule has 6 heteroatoms. The normalized spacial score (nSPS) is 16.3. The highest BCUT2D eigenvalue weighted by Gasteiger charge is 2.41. The number of allylic oxidation sites excluding steroid dienone is 1. The first-order chi connectivity index (χ1) is 18.6. The van der Waals surface area contributed by atoms with Crippen LogP contribution in [0.5, 0.6) is 0 Å². The first kappa shape index (κ1) is 27.8. The molecule has 1 heterocycles. The van der Waals surface area contributed by atoms with Gasteiger partial charge >= 0.3 is 12.1 Å². The largest absolute Gasteiger partial charge is 0.465 e. The number of esters is 1. The van der Waals surface area contributed by atoms with Crippen LogP contribution in [0.3, 0.4) is 0 Å². The summed E-state index contributed by atoms with van der Waals surface area (Å²) in [7, 11) is 1.34. The van der Waals surface area contributed by atoms with Crippen molar-refractivity contribution in [1.29, 1.82) is 0 Å². The number of benzene rings is 3. The van der Waals surface area contributed by atoms with E-state index in [4.69, 9.17) is 9.47 Å². The van der Waals surface area contributed by atoms with Crippen LogP contribution in [-0.2, 0) is 27.1 Å². The second-order valence-electron chi connectivity index (χ2n) is 10.9. The Bertz CT molecular complexity index is 1320. The Morgan fingerprint density at radius 2 is 1.64 bits per heavy atom. The molecule has 1 aliphatic heterocycles. The number of nitrogens with zero attached hydrogens (tertiary/aromatic N) is 1. The average molecular weight is 526 g/mol. The van der Waals surface area contributed by atoms with Crippen molar-refractivity contribution in [1.82, 2.24) is 4.90 Å². The van der Waals surface area contributed by atoms with Crippen molar-refractivity contribution < 1.29 is 23.9 Å². The summed E-state index contributed by atoms with van der Waals surface area (Å²) in [6.07, 6.45) is 4.48. The Morgan fingerprint density at radius 1 is 0.974 bits per heavy atom. The lowest BCUT2D eigenvalue weighted by atomic mass is 9.89. The van der Waals surface area contributed by atoms with E-state index >= 15 is 0 Å². The van der Waals surface area contributed by atoms with Gasteiger partial charge in [-0.15, -0.1) is 0 Å². The lowest BCUT2D eigenvalue weighted by Crippen LogP contribution is -2.43. The first-order valence-corrected chi connectivity index (χ1v) is 13.1. The minimum atomic E-state index is -0.614. The van der Waals surface area contributed by atoms with Crippen LogP contribution in [0, 0.1) is 5.41 Å². The molecule has 0 N–H and O–H groups in total. The van der Waals surface area contributed by atoms with Crippen LogP contribution in [0.15, 0.2) is 84.9 Å². The molecule has 39 heavy (non-hydrogen) atoms. The van der Waals surface area contributed by atoms with E-state index in [0.29, 0.717) is 18.4 Å². The highest BCUT2D eigenvalue weighted by molar-refractivity contribution is 5.97. The second kappa shape index (κ2) is 12.1. The van der Waals surface area contributed by atoms with Gasteiger partial charge < -0.3 is 9.47 Å². The van der Waals surface area contributed by atoms with Crippen molar-refractivity contribution in [3.05, 3.63) is 113 Å². The third-order valence-corrected chi connectivity index (χ3v) is 6.74. The molecule has 4 rings (SSSR count). The van der Waals surface area contributed by atoms with Gasteiger partial charge in [-0.2, -0.15) is 0 Å². The standard InChI is InChI=1S/C33H35NO5/c1-33(2,3)19-18-23-10-14-26(15-11-23)29(21-25-12-16-27(17-13-25)31(36)38-4)30(35)34-28(22-39-32(34)37)20-24-8-6-5-7-9-24/h5-19,28-29H,20-22H2,1-4H3/b19-18+/t28-,29-/m1/s1. The smallest absolute Gasteiger partial charge is 0.417 e. The number of carbonyl (C=O) groups is 3. The van der Waals surface area contributed by atoms with Gasteiger partial charge in [-0.25, -0.2) is 14.5 Å². The van der Waals surface area contributed by atoms with E-state index in [2.05, 4.69) is 32.9 Å². The maximum absolute atomic E-state index is 14.1. The fourth-order valence-electron chi connectivity index (χ4n) is 4.60. The van der Waals surface area contributed by atoms with Crippen LogP contribution in [-0.4, -0.2) is 42.6 Å². The molecule has 3 aromatic carbocycles. The van der Waals surface area contributed by atoms with E-state index in [1.165, 1.54) is 12.0 Å². The van der Waals surface area contributed by atoms with E-state index < -0.39 is 18.0 Å². The third-order valence-electron chi connectivity index (χ3n) is 6.74. The number of carbonyl (C=O) groups excluding carboxylic acids is 3. The van der Waals surface area contributed by atoms with Crippen molar-refractivity contribution in [2.45, 2.75) is 45.6 Å². The van der Waals surface area contributed by atoms with Crippen LogP contribution >= 0.6 is 0 Å². The zero-order chi connectivity index (χ0) is 28.0. The Hall–Kier alpha value is -4.19. The van der Waals surface area contributed by atoms with E-state index in [1.807, 2.05) is 66.7 Å². The van der Waals surface area contributed by atoms with Crippen molar-refractivity contribution in [2.24, 2.45) is 5.41 Å². The number of methoxy groups -OCH3 is 1. The van der Waals surface area contributed by atoms with E-state index in [9.17, 15) is 14.4 Å². The Kier molecular flexibility index (Phi) is 8.65.